The fraction of sp³-hybridized carbons (Fsp3) is 0.0714. The molecule has 2 aromatic carbocycles. The minimum atomic E-state index is -3.87. The van der Waals surface area contributed by atoms with Gasteiger partial charge in [0.25, 0.3) is 10.0 Å². The summed E-state index contributed by atoms with van der Waals surface area (Å²) in [6, 6.07) is 14.3. The average Bonchev–Trinajstić information content (AvgIpc) is 2.46. The molecule has 1 N–H and O–H groups in total. The number of aryl methyl sites for hydroxylation is 1. The van der Waals surface area contributed by atoms with Gasteiger partial charge in [-0.25, -0.2) is 13.2 Å². The van der Waals surface area contributed by atoms with Gasteiger partial charge >= 0.3 is 5.97 Å². The van der Waals surface area contributed by atoms with Gasteiger partial charge in [0.2, 0.25) is 0 Å². The Balaban J connectivity index is 2.06. The lowest BCUT2D eigenvalue weighted by Gasteiger charge is -2.07. The van der Waals surface area contributed by atoms with Crippen LogP contribution in [0, 0.1) is 6.92 Å². The van der Waals surface area contributed by atoms with E-state index in [4.69, 9.17) is 0 Å². The highest BCUT2D eigenvalue weighted by Gasteiger charge is 2.17. The van der Waals surface area contributed by atoms with E-state index < -0.39 is 16.0 Å². The fourth-order valence-corrected chi connectivity index (χ4v) is 2.27. The molecule has 0 atom stereocenters. The van der Waals surface area contributed by atoms with Crippen LogP contribution in [0.25, 0.3) is 0 Å². The molecule has 0 radical (unpaired) electrons. The SMILES string of the molecule is Cc1ccc(S(=O)(=O)NOC(=O)c2ccccc2)cc1. The van der Waals surface area contributed by atoms with Crippen molar-refractivity contribution >= 4 is 16.0 Å². The molecule has 0 aliphatic heterocycles. The first kappa shape index (κ1) is 14.2. The third kappa shape index (κ3) is 3.43. The van der Waals surface area contributed by atoms with Crippen molar-refractivity contribution in [1.29, 1.82) is 0 Å². The maximum atomic E-state index is 11.9. The minimum Gasteiger partial charge on any atom is -0.351 e. The lowest BCUT2D eigenvalue weighted by molar-refractivity contribution is 0.0407. The molecule has 0 aliphatic rings. The Hall–Kier alpha value is -2.18. The lowest BCUT2D eigenvalue weighted by atomic mass is 10.2. The second-order valence-corrected chi connectivity index (χ2v) is 5.80. The molecule has 6 heteroatoms. The number of carbonyl (C=O) groups is 1. The van der Waals surface area contributed by atoms with Crippen molar-refractivity contribution in [2.24, 2.45) is 0 Å². The van der Waals surface area contributed by atoms with Crippen LogP contribution in [0.4, 0.5) is 0 Å². The summed E-state index contributed by atoms with van der Waals surface area (Å²) >= 11 is 0. The maximum absolute atomic E-state index is 11.9. The molecule has 5 nitrogen and oxygen atoms in total. The lowest BCUT2D eigenvalue weighted by Crippen LogP contribution is -2.27. The van der Waals surface area contributed by atoms with Crippen molar-refractivity contribution in [3.05, 3.63) is 65.7 Å². The summed E-state index contributed by atoms with van der Waals surface area (Å²) in [5, 5.41) is 0. The third-order valence-electron chi connectivity index (χ3n) is 2.58. The molecule has 2 rings (SSSR count). The molecule has 0 unspecified atom stereocenters. The Labute approximate surface area is 117 Å². The molecule has 20 heavy (non-hydrogen) atoms. The summed E-state index contributed by atoms with van der Waals surface area (Å²) in [5.41, 5.74) is 1.20. The molecule has 0 spiro atoms. The number of carbonyl (C=O) groups excluding carboxylic acids is 1. The van der Waals surface area contributed by atoms with Gasteiger partial charge in [-0.1, -0.05) is 35.9 Å². The Bertz CT molecular complexity index is 694. The molecular formula is C14H13NO4S. The number of rotatable bonds is 4. The van der Waals surface area contributed by atoms with E-state index in [1.807, 2.05) is 11.8 Å². The van der Waals surface area contributed by atoms with Crippen molar-refractivity contribution in [2.75, 3.05) is 0 Å². The maximum Gasteiger partial charge on any atom is 0.357 e. The Morgan fingerprint density at radius 2 is 1.60 bits per heavy atom. The topological polar surface area (TPSA) is 72.5 Å². The third-order valence-corrected chi connectivity index (χ3v) is 3.78. The summed E-state index contributed by atoms with van der Waals surface area (Å²) < 4.78 is 23.8. The van der Waals surface area contributed by atoms with Crippen molar-refractivity contribution in [3.63, 3.8) is 0 Å². The molecule has 0 amide bonds. The highest BCUT2D eigenvalue weighted by molar-refractivity contribution is 7.89. The van der Waals surface area contributed by atoms with Gasteiger partial charge in [0.15, 0.2) is 0 Å². The summed E-state index contributed by atoms with van der Waals surface area (Å²) in [6.45, 7) is 1.85. The van der Waals surface area contributed by atoms with Gasteiger partial charge in [-0.3, -0.25) is 0 Å². The molecule has 2 aromatic rings. The second-order valence-electron chi connectivity index (χ2n) is 4.16. The van der Waals surface area contributed by atoms with E-state index in [9.17, 15) is 13.2 Å². The molecule has 0 bridgehead atoms. The molecule has 0 saturated carbocycles. The first-order valence-electron chi connectivity index (χ1n) is 5.84. The summed E-state index contributed by atoms with van der Waals surface area (Å²) in [7, 11) is -3.87. The Kier molecular flexibility index (Phi) is 4.16. The zero-order chi connectivity index (χ0) is 14.6. The predicted molar refractivity (Wildman–Crippen MR) is 73.4 cm³/mol. The zero-order valence-electron chi connectivity index (χ0n) is 10.7. The monoisotopic (exact) mass is 291 g/mol. The molecule has 0 aromatic heterocycles. The van der Waals surface area contributed by atoms with E-state index >= 15 is 0 Å². The first-order chi connectivity index (χ1) is 9.49. The average molecular weight is 291 g/mol. The van der Waals surface area contributed by atoms with E-state index in [1.165, 1.54) is 24.3 Å². The highest BCUT2D eigenvalue weighted by atomic mass is 32.2. The number of benzene rings is 2. The van der Waals surface area contributed by atoms with Crippen LogP contribution in [0.15, 0.2) is 59.5 Å². The normalized spacial score (nSPS) is 11.1. The van der Waals surface area contributed by atoms with Crippen molar-refractivity contribution in [2.45, 2.75) is 11.8 Å². The van der Waals surface area contributed by atoms with Crippen LogP contribution in [0.2, 0.25) is 0 Å². The van der Waals surface area contributed by atoms with Gasteiger partial charge in [0, 0.05) is 0 Å². The number of hydrogen-bond acceptors (Lipinski definition) is 4. The summed E-state index contributed by atoms with van der Waals surface area (Å²) in [4.78, 5) is 18.1. The summed E-state index contributed by atoms with van der Waals surface area (Å²) in [5.74, 6) is -0.763. The number of sulfonamides is 1. The molecule has 0 fully saturated rings. The van der Waals surface area contributed by atoms with E-state index in [2.05, 4.69) is 4.84 Å². The Morgan fingerprint density at radius 1 is 1.00 bits per heavy atom. The van der Waals surface area contributed by atoms with Gasteiger partial charge in [-0.05, 0) is 36.1 Å². The van der Waals surface area contributed by atoms with E-state index in [0.29, 0.717) is 0 Å². The Morgan fingerprint density at radius 3 is 2.20 bits per heavy atom. The van der Waals surface area contributed by atoms with Crippen molar-refractivity contribution in [3.8, 4) is 0 Å². The van der Waals surface area contributed by atoms with Crippen LogP contribution in [0.1, 0.15) is 15.9 Å². The van der Waals surface area contributed by atoms with E-state index in [-0.39, 0.29) is 10.5 Å². The van der Waals surface area contributed by atoms with E-state index in [0.717, 1.165) is 5.56 Å². The van der Waals surface area contributed by atoms with Crippen LogP contribution in [0.3, 0.4) is 0 Å². The van der Waals surface area contributed by atoms with Gasteiger partial charge in [0.1, 0.15) is 0 Å². The standard InChI is InChI=1S/C14H13NO4S/c1-11-7-9-13(10-8-11)20(17,18)15-19-14(16)12-5-3-2-4-6-12/h2-10,15H,1H3. The van der Waals surface area contributed by atoms with E-state index in [1.54, 1.807) is 30.3 Å². The number of nitrogens with one attached hydrogen (secondary N) is 1. The smallest absolute Gasteiger partial charge is 0.351 e. The molecule has 0 saturated heterocycles. The van der Waals surface area contributed by atoms with Crippen LogP contribution in [-0.2, 0) is 14.9 Å². The minimum absolute atomic E-state index is 0.0314. The van der Waals surface area contributed by atoms with Gasteiger partial charge < -0.3 is 4.84 Å². The van der Waals surface area contributed by atoms with Gasteiger partial charge in [-0.2, -0.15) is 0 Å². The second kappa shape index (κ2) is 5.85. The quantitative estimate of drug-likeness (QED) is 0.875. The molecule has 0 heterocycles. The molecule has 0 aliphatic carbocycles. The number of hydrogen-bond donors (Lipinski definition) is 1. The zero-order valence-corrected chi connectivity index (χ0v) is 11.6. The highest BCUT2D eigenvalue weighted by Crippen LogP contribution is 2.10. The largest absolute Gasteiger partial charge is 0.357 e. The first-order valence-corrected chi connectivity index (χ1v) is 7.32. The fourth-order valence-electron chi connectivity index (χ4n) is 1.49. The van der Waals surface area contributed by atoms with Crippen LogP contribution < -0.4 is 4.89 Å². The van der Waals surface area contributed by atoms with Crippen molar-refractivity contribution in [1.82, 2.24) is 4.89 Å². The van der Waals surface area contributed by atoms with Crippen LogP contribution >= 0.6 is 0 Å². The van der Waals surface area contributed by atoms with Crippen LogP contribution in [-0.4, -0.2) is 14.4 Å². The van der Waals surface area contributed by atoms with Gasteiger partial charge in [0.05, 0.1) is 10.5 Å². The predicted octanol–water partition coefficient (Wildman–Crippen LogP) is 2.05. The molecular weight excluding hydrogens is 278 g/mol. The van der Waals surface area contributed by atoms with Crippen molar-refractivity contribution < 1.29 is 18.0 Å². The van der Waals surface area contributed by atoms with Crippen LogP contribution in [0.5, 0.6) is 0 Å². The summed E-state index contributed by atoms with van der Waals surface area (Å²) in [6.07, 6.45) is 0. The molecule has 104 valence electrons. The van der Waals surface area contributed by atoms with Gasteiger partial charge in [-0.15, -0.1) is 0 Å².